The molecule has 0 aliphatic rings. The van der Waals surface area contributed by atoms with Crippen LogP contribution < -0.4 is 4.74 Å². The van der Waals surface area contributed by atoms with Gasteiger partial charge >= 0.3 is 5.97 Å². The van der Waals surface area contributed by atoms with Crippen LogP contribution in [0, 0.1) is 0 Å². The molecular formula is C22H17NO3. The van der Waals surface area contributed by atoms with E-state index in [1.54, 1.807) is 13.2 Å². The fourth-order valence-corrected chi connectivity index (χ4v) is 3.23. The van der Waals surface area contributed by atoms with Gasteiger partial charge in [-0.3, -0.25) is 0 Å². The van der Waals surface area contributed by atoms with Crippen LogP contribution in [0.5, 0.6) is 5.75 Å². The Morgan fingerprint density at radius 3 is 2.46 bits per heavy atom. The fourth-order valence-electron chi connectivity index (χ4n) is 3.23. The van der Waals surface area contributed by atoms with Crippen molar-refractivity contribution >= 4 is 27.6 Å². The van der Waals surface area contributed by atoms with Gasteiger partial charge in [0.2, 0.25) is 0 Å². The molecule has 0 amide bonds. The zero-order valence-electron chi connectivity index (χ0n) is 14.5. The number of para-hydroxylation sites is 1. The lowest BCUT2D eigenvalue weighted by atomic mass is 10.00. The minimum Gasteiger partial charge on any atom is -0.496 e. The molecule has 0 saturated heterocycles. The Labute approximate surface area is 151 Å². The quantitative estimate of drug-likeness (QED) is 0.394. The molecule has 3 aromatic carbocycles. The smallest absolute Gasteiger partial charge is 0.338 e. The van der Waals surface area contributed by atoms with Crippen LogP contribution in [0.4, 0.5) is 0 Å². The van der Waals surface area contributed by atoms with Crippen molar-refractivity contribution in [2.24, 2.45) is 0 Å². The van der Waals surface area contributed by atoms with E-state index in [-0.39, 0.29) is 5.97 Å². The summed E-state index contributed by atoms with van der Waals surface area (Å²) in [6.07, 6.45) is 0. The normalized spacial score (nSPS) is 10.8. The molecule has 4 rings (SSSR count). The molecule has 0 radical (unpaired) electrons. The summed E-state index contributed by atoms with van der Waals surface area (Å²) in [4.78, 5) is 17.3. The Morgan fingerprint density at radius 2 is 1.65 bits per heavy atom. The molecule has 1 heterocycles. The maximum Gasteiger partial charge on any atom is 0.338 e. The zero-order chi connectivity index (χ0) is 18.1. The lowest BCUT2D eigenvalue weighted by Crippen LogP contribution is -2.04. The van der Waals surface area contributed by atoms with Gasteiger partial charge in [0.05, 0.1) is 31.0 Å². The summed E-state index contributed by atoms with van der Waals surface area (Å²) in [5, 5.41) is 2.83. The van der Waals surface area contributed by atoms with E-state index in [4.69, 9.17) is 14.5 Å². The number of esters is 1. The van der Waals surface area contributed by atoms with Gasteiger partial charge in [0.25, 0.3) is 0 Å². The molecule has 26 heavy (non-hydrogen) atoms. The number of carbonyl (C=O) groups is 1. The van der Waals surface area contributed by atoms with Crippen LogP contribution in [0.2, 0.25) is 0 Å². The van der Waals surface area contributed by atoms with Gasteiger partial charge in [-0.1, -0.05) is 48.5 Å². The summed E-state index contributed by atoms with van der Waals surface area (Å²) in [5.74, 6) is 0.319. The Bertz CT molecular complexity index is 1130. The number of methoxy groups -OCH3 is 2. The first-order chi connectivity index (χ1) is 12.7. The minimum absolute atomic E-state index is 0.385. The summed E-state index contributed by atoms with van der Waals surface area (Å²) in [7, 11) is 3.01. The van der Waals surface area contributed by atoms with Crippen LogP contribution in [0.15, 0.2) is 66.7 Å². The number of hydrogen-bond donors (Lipinski definition) is 0. The number of ether oxygens (including phenoxy) is 2. The first-order valence-electron chi connectivity index (χ1n) is 8.27. The standard InChI is InChI=1S/C22H17NO3/c1-25-20-10-6-5-9-17(20)19-13-18(22(24)26-2)16-12-11-14-7-3-4-8-15(14)21(16)23-19/h3-13H,1-2H3. The lowest BCUT2D eigenvalue weighted by molar-refractivity contribution is 0.0603. The van der Waals surface area contributed by atoms with Gasteiger partial charge < -0.3 is 9.47 Å². The number of benzene rings is 3. The number of fused-ring (bicyclic) bond motifs is 3. The number of hydrogen-bond acceptors (Lipinski definition) is 4. The Kier molecular flexibility index (Phi) is 4.01. The SMILES string of the molecule is COC(=O)c1cc(-c2ccccc2OC)nc2c1ccc1ccccc12. The van der Waals surface area contributed by atoms with Crippen LogP contribution in [0.3, 0.4) is 0 Å². The molecule has 0 aliphatic carbocycles. The van der Waals surface area contributed by atoms with Gasteiger partial charge in [0, 0.05) is 16.3 Å². The zero-order valence-corrected chi connectivity index (χ0v) is 14.5. The Hall–Kier alpha value is -3.40. The number of rotatable bonds is 3. The second-order valence-corrected chi connectivity index (χ2v) is 5.93. The fraction of sp³-hybridized carbons (Fsp3) is 0.0909. The first-order valence-corrected chi connectivity index (χ1v) is 8.27. The van der Waals surface area contributed by atoms with Gasteiger partial charge in [0.1, 0.15) is 5.75 Å². The van der Waals surface area contributed by atoms with Crippen molar-refractivity contribution in [1.29, 1.82) is 0 Å². The monoisotopic (exact) mass is 343 g/mol. The molecule has 0 saturated carbocycles. The molecule has 4 aromatic rings. The van der Waals surface area contributed by atoms with Crippen molar-refractivity contribution in [1.82, 2.24) is 4.98 Å². The van der Waals surface area contributed by atoms with Gasteiger partial charge in [-0.05, 0) is 23.6 Å². The molecule has 0 fully saturated rings. The van der Waals surface area contributed by atoms with Gasteiger partial charge in [0.15, 0.2) is 0 Å². The summed E-state index contributed by atoms with van der Waals surface area (Å²) in [6.45, 7) is 0. The number of nitrogens with zero attached hydrogens (tertiary/aromatic N) is 1. The van der Waals surface area contributed by atoms with Crippen molar-refractivity contribution in [2.45, 2.75) is 0 Å². The van der Waals surface area contributed by atoms with Gasteiger partial charge in [-0.25, -0.2) is 9.78 Å². The van der Waals surface area contributed by atoms with Crippen molar-refractivity contribution in [3.63, 3.8) is 0 Å². The summed E-state index contributed by atoms with van der Waals surface area (Å²) in [6, 6.07) is 21.3. The molecule has 0 atom stereocenters. The van der Waals surface area contributed by atoms with Crippen molar-refractivity contribution in [3.05, 3.63) is 72.3 Å². The average Bonchev–Trinajstić information content (AvgIpc) is 2.72. The first kappa shape index (κ1) is 16.1. The van der Waals surface area contributed by atoms with Crippen LogP contribution in [-0.4, -0.2) is 25.2 Å². The van der Waals surface area contributed by atoms with Gasteiger partial charge in [-0.15, -0.1) is 0 Å². The van der Waals surface area contributed by atoms with E-state index in [1.165, 1.54) is 7.11 Å². The second-order valence-electron chi connectivity index (χ2n) is 5.93. The van der Waals surface area contributed by atoms with E-state index in [0.717, 1.165) is 27.2 Å². The maximum atomic E-state index is 12.4. The van der Waals surface area contributed by atoms with Crippen LogP contribution in [-0.2, 0) is 4.74 Å². The van der Waals surface area contributed by atoms with E-state index in [2.05, 4.69) is 0 Å². The molecule has 4 nitrogen and oxygen atoms in total. The van der Waals surface area contributed by atoms with Crippen molar-refractivity contribution < 1.29 is 14.3 Å². The lowest BCUT2D eigenvalue weighted by Gasteiger charge is -2.12. The largest absolute Gasteiger partial charge is 0.496 e. The molecule has 0 unspecified atom stereocenters. The van der Waals surface area contributed by atoms with E-state index in [0.29, 0.717) is 17.0 Å². The second kappa shape index (κ2) is 6.48. The predicted octanol–water partition coefficient (Wildman–Crippen LogP) is 4.85. The Morgan fingerprint density at radius 1 is 0.885 bits per heavy atom. The topological polar surface area (TPSA) is 48.4 Å². The highest BCUT2D eigenvalue weighted by atomic mass is 16.5. The molecule has 4 heteroatoms. The number of carbonyl (C=O) groups excluding carboxylic acids is 1. The van der Waals surface area contributed by atoms with Crippen LogP contribution in [0.25, 0.3) is 32.9 Å². The van der Waals surface area contributed by atoms with Crippen LogP contribution >= 0.6 is 0 Å². The highest BCUT2D eigenvalue weighted by Crippen LogP contribution is 2.34. The highest BCUT2D eigenvalue weighted by molar-refractivity contribution is 6.13. The minimum atomic E-state index is -0.385. The molecule has 1 aromatic heterocycles. The predicted molar refractivity (Wildman–Crippen MR) is 103 cm³/mol. The third-order valence-corrected chi connectivity index (χ3v) is 4.49. The van der Waals surface area contributed by atoms with Crippen LogP contribution in [0.1, 0.15) is 10.4 Å². The molecule has 0 N–H and O–H groups in total. The van der Waals surface area contributed by atoms with Crippen molar-refractivity contribution in [2.75, 3.05) is 14.2 Å². The van der Waals surface area contributed by atoms with E-state index < -0.39 is 0 Å². The van der Waals surface area contributed by atoms with E-state index >= 15 is 0 Å². The molecule has 0 spiro atoms. The summed E-state index contributed by atoms with van der Waals surface area (Å²) < 4.78 is 10.5. The molecular weight excluding hydrogens is 326 g/mol. The van der Waals surface area contributed by atoms with Gasteiger partial charge in [-0.2, -0.15) is 0 Å². The van der Waals surface area contributed by atoms with E-state index in [1.807, 2.05) is 60.7 Å². The molecule has 0 aliphatic heterocycles. The molecule has 0 bridgehead atoms. The third kappa shape index (κ3) is 2.56. The molecule has 128 valence electrons. The highest BCUT2D eigenvalue weighted by Gasteiger charge is 2.17. The summed E-state index contributed by atoms with van der Waals surface area (Å²) in [5.41, 5.74) is 2.76. The summed E-state index contributed by atoms with van der Waals surface area (Å²) >= 11 is 0. The number of aromatic nitrogens is 1. The van der Waals surface area contributed by atoms with Crippen molar-refractivity contribution in [3.8, 4) is 17.0 Å². The van der Waals surface area contributed by atoms with E-state index in [9.17, 15) is 4.79 Å². The third-order valence-electron chi connectivity index (χ3n) is 4.49. The Balaban J connectivity index is 2.12. The number of pyridine rings is 1. The maximum absolute atomic E-state index is 12.4. The average molecular weight is 343 g/mol.